The molecule has 3 rings (SSSR count). The topological polar surface area (TPSA) is 72.9 Å². The zero-order valence-electron chi connectivity index (χ0n) is 11.1. The van der Waals surface area contributed by atoms with E-state index in [1.165, 1.54) is 11.3 Å². The average molecular weight is 298 g/mol. The highest BCUT2D eigenvalue weighted by Crippen LogP contribution is 2.22. The summed E-state index contributed by atoms with van der Waals surface area (Å²) in [5.74, 6) is -0.231. The first-order valence-electron chi connectivity index (χ1n) is 6.43. The summed E-state index contributed by atoms with van der Waals surface area (Å²) < 4.78 is 1.84. The summed E-state index contributed by atoms with van der Waals surface area (Å²) in [6.07, 6.45) is 5.20. The molecule has 3 N–H and O–H groups in total. The third kappa shape index (κ3) is 2.86. The first kappa shape index (κ1) is 13.5. The fraction of sp³-hybridized carbons (Fsp3) is 0.0667. The van der Waals surface area contributed by atoms with Crippen LogP contribution in [-0.4, -0.2) is 15.5 Å². The monoisotopic (exact) mass is 298 g/mol. The molecule has 21 heavy (non-hydrogen) atoms. The van der Waals surface area contributed by atoms with Crippen molar-refractivity contribution in [2.24, 2.45) is 5.73 Å². The molecule has 0 spiro atoms. The fourth-order valence-electron chi connectivity index (χ4n) is 2.01. The van der Waals surface area contributed by atoms with E-state index in [4.69, 9.17) is 5.73 Å². The van der Waals surface area contributed by atoms with Gasteiger partial charge in [-0.25, -0.2) is 4.98 Å². The Labute approximate surface area is 126 Å². The maximum absolute atomic E-state index is 12.3. The van der Waals surface area contributed by atoms with E-state index in [0.717, 1.165) is 10.6 Å². The van der Waals surface area contributed by atoms with Crippen LogP contribution in [0.1, 0.15) is 10.9 Å². The summed E-state index contributed by atoms with van der Waals surface area (Å²) in [6.45, 7) is 0. The van der Waals surface area contributed by atoms with Gasteiger partial charge in [-0.3, -0.25) is 4.79 Å². The number of hydrogen-bond acceptors (Lipinski definition) is 4. The van der Waals surface area contributed by atoms with Crippen LogP contribution < -0.4 is 11.1 Å². The maximum Gasteiger partial charge on any atom is 0.246 e. The van der Waals surface area contributed by atoms with Crippen LogP contribution in [0.25, 0.3) is 5.69 Å². The van der Waals surface area contributed by atoms with Crippen molar-refractivity contribution >= 4 is 22.9 Å². The minimum absolute atomic E-state index is 0.231. The van der Waals surface area contributed by atoms with E-state index in [9.17, 15) is 4.79 Å². The van der Waals surface area contributed by atoms with Crippen molar-refractivity contribution < 1.29 is 4.79 Å². The Hall–Kier alpha value is -2.44. The number of nitrogens with two attached hydrogens (primary N) is 1. The number of nitrogens with one attached hydrogen (secondary N) is 1. The SMILES string of the molecule is NC(C(=O)Nc1ccccc1-n1ccnc1)c1cccs1. The third-order valence-corrected chi connectivity index (χ3v) is 4.03. The first-order valence-corrected chi connectivity index (χ1v) is 7.31. The lowest BCUT2D eigenvalue weighted by Gasteiger charge is -2.14. The number of carbonyl (C=O) groups is 1. The van der Waals surface area contributed by atoms with Gasteiger partial charge >= 0.3 is 0 Å². The van der Waals surface area contributed by atoms with Gasteiger partial charge in [0.1, 0.15) is 6.04 Å². The third-order valence-electron chi connectivity index (χ3n) is 3.08. The Morgan fingerprint density at radius 1 is 1.29 bits per heavy atom. The van der Waals surface area contributed by atoms with Crippen LogP contribution in [-0.2, 0) is 4.79 Å². The van der Waals surface area contributed by atoms with E-state index in [2.05, 4.69) is 10.3 Å². The van der Waals surface area contributed by atoms with Gasteiger partial charge in [0.2, 0.25) is 5.91 Å². The molecule has 0 saturated heterocycles. The Morgan fingerprint density at radius 3 is 2.86 bits per heavy atom. The number of aromatic nitrogens is 2. The second-order valence-electron chi connectivity index (χ2n) is 4.47. The van der Waals surface area contributed by atoms with Gasteiger partial charge < -0.3 is 15.6 Å². The maximum atomic E-state index is 12.3. The first-order chi connectivity index (χ1) is 10.3. The summed E-state index contributed by atoms with van der Waals surface area (Å²) in [6, 6.07) is 10.6. The average Bonchev–Trinajstić information content (AvgIpc) is 3.20. The van der Waals surface area contributed by atoms with Gasteiger partial charge in [-0.15, -0.1) is 11.3 Å². The highest BCUT2D eigenvalue weighted by molar-refractivity contribution is 7.10. The molecular formula is C15H14N4OS. The molecule has 0 fully saturated rings. The second kappa shape index (κ2) is 5.90. The molecule has 0 aliphatic carbocycles. The standard InChI is InChI=1S/C15H14N4OS/c16-14(13-6-3-9-21-13)15(20)18-11-4-1-2-5-12(11)19-8-7-17-10-19/h1-10,14H,16H2,(H,18,20). The number of benzene rings is 1. The fourth-order valence-corrected chi connectivity index (χ4v) is 2.74. The number of anilines is 1. The molecule has 1 amide bonds. The normalized spacial score (nSPS) is 12.0. The van der Waals surface area contributed by atoms with Crippen molar-refractivity contribution in [1.29, 1.82) is 0 Å². The Bertz CT molecular complexity index is 722. The van der Waals surface area contributed by atoms with Crippen LogP contribution in [0.15, 0.2) is 60.5 Å². The number of rotatable bonds is 4. The Morgan fingerprint density at radius 2 is 2.14 bits per heavy atom. The summed E-state index contributed by atoms with van der Waals surface area (Å²) in [4.78, 5) is 17.1. The van der Waals surface area contributed by atoms with Crippen molar-refractivity contribution in [3.05, 3.63) is 65.4 Å². The largest absolute Gasteiger partial charge is 0.323 e. The zero-order chi connectivity index (χ0) is 14.7. The minimum Gasteiger partial charge on any atom is -0.323 e. The molecule has 0 saturated carbocycles. The molecule has 0 bridgehead atoms. The molecule has 2 heterocycles. The van der Waals surface area contributed by atoms with Crippen LogP contribution in [0, 0.1) is 0 Å². The molecule has 6 heteroatoms. The van der Waals surface area contributed by atoms with Crippen molar-refractivity contribution in [1.82, 2.24) is 9.55 Å². The van der Waals surface area contributed by atoms with Gasteiger partial charge in [0.05, 0.1) is 17.7 Å². The van der Waals surface area contributed by atoms with E-state index >= 15 is 0 Å². The smallest absolute Gasteiger partial charge is 0.246 e. The van der Waals surface area contributed by atoms with Gasteiger partial charge in [0.15, 0.2) is 0 Å². The lowest BCUT2D eigenvalue weighted by Crippen LogP contribution is -2.27. The summed E-state index contributed by atoms with van der Waals surface area (Å²) >= 11 is 1.47. The van der Waals surface area contributed by atoms with Crippen molar-refractivity contribution in [2.75, 3.05) is 5.32 Å². The van der Waals surface area contributed by atoms with Gasteiger partial charge in [0, 0.05) is 17.3 Å². The van der Waals surface area contributed by atoms with Crippen LogP contribution in [0.2, 0.25) is 0 Å². The number of carbonyl (C=O) groups excluding carboxylic acids is 1. The number of imidazole rings is 1. The quantitative estimate of drug-likeness (QED) is 0.777. The second-order valence-corrected chi connectivity index (χ2v) is 5.45. The van der Waals surface area contributed by atoms with E-state index in [1.54, 1.807) is 12.5 Å². The Balaban J connectivity index is 1.84. The van der Waals surface area contributed by atoms with Crippen molar-refractivity contribution in [2.45, 2.75) is 6.04 Å². The number of hydrogen-bond donors (Lipinski definition) is 2. The lowest BCUT2D eigenvalue weighted by atomic mass is 10.2. The van der Waals surface area contributed by atoms with Crippen LogP contribution in [0.5, 0.6) is 0 Å². The zero-order valence-corrected chi connectivity index (χ0v) is 12.0. The van der Waals surface area contributed by atoms with Crippen LogP contribution >= 0.6 is 11.3 Å². The predicted octanol–water partition coefficient (Wildman–Crippen LogP) is 2.57. The molecule has 3 aromatic rings. The van der Waals surface area contributed by atoms with Crippen LogP contribution in [0.4, 0.5) is 5.69 Å². The summed E-state index contributed by atoms with van der Waals surface area (Å²) in [7, 11) is 0. The molecular weight excluding hydrogens is 284 g/mol. The van der Waals surface area contributed by atoms with Gasteiger partial charge in [-0.2, -0.15) is 0 Å². The molecule has 2 aromatic heterocycles. The van der Waals surface area contributed by atoms with Crippen molar-refractivity contribution in [3.63, 3.8) is 0 Å². The van der Waals surface area contributed by atoms with E-state index in [0.29, 0.717) is 5.69 Å². The number of thiophene rings is 1. The molecule has 1 aromatic carbocycles. The molecule has 0 aliphatic heterocycles. The highest BCUT2D eigenvalue weighted by atomic mass is 32.1. The molecule has 106 valence electrons. The molecule has 5 nitrogen and oxygen atoms in total. The molecule has 1 unspecified atom stereocenters. The molecule has 1 atom stereocenters. The molecule has 0 aliphatic rings. The van der Waals surface area contributed by atoms with E-state index in [-0.39, 0.29) is 5.91 Å². The van der Waals surface area contributed by atoms with E-state index < -0.39 is 6.04 Å². The summed E-state index contributed by atoms with van der Waals surface area (Å²) in [5.41, 5.74) is 7.53. The number of para-hydroxylation sites is 2. The van der Waals surface area contributed by atoms with Crippen LogP contribution in [0.3, 0.4) is 0 Å². The molecule has 0 radical (unpaired) electrons. The van der Waals surface area contributed by atoms with E-state index in [1.807, 2.05) is 52.5 Å². The predicted molar refractivity (Wildman–Crippen MR) is 83.4 cm³/mol. The van der Waals surface area contributed by atoms with Gasteiger partial charge in [-0.1, -0.05) is 18.2 Å². The number of amides is 1. The highest BCUT2D eigenvalue weighted by Gasteiger charge is 2.18. The Kier molecular flexibility index (Phi) is 3.81. The van der Waals surface area contributed by atoms with Gasteiger partial charge in [-0.05, 0) is 23.6 Å². The van der Waals surface area contributed by atoms with Gasteiger partial charge in [0.25, 0.3) is 0 Å². The minimum atomic E-state index is -0.666. The lowest BCUT2D eigenvalue weighted by molar-refractivity contribution is -0.117. The number of nitrogens with zero attached hydrogens (tertiary/aromatic N) is 2. The summed E-state index contributed by atoms with van der Waals surface area (Å²) in [5, 5.41) is 4.79. The van der Waals surface area contributed by atoms with Crippen molar-refractivity contribution in [3.8, 4) is 5.69 Å².